The maximum Gasteiger partial charge on any atom is 0.228 e. The van der Waals surface area contributed by atoms with Gasteiger partial charge in [0.15, 0.2) is 0 Å². The minimum atomic E-state index is -3.75. The molecule has 30 heavy (non-hydrogen) atoms. The zero-order valence-corrected chi connectivity index (χ0v) is 19.4. The number of sulfone groups is 1. The van der Waals surface area contributed by atoms with E-state index in [1.807, 2.05) is 41.5 Å². The minimum Gasteiger partial charge on any atom is -0.336 e. The largest absolute Gasteiger partial charge is 0.336 e. The van der Waals surface area contributed by atoms with Crippen LogP contribution in [0.5, 0.6) is 0 Å². The average molecular weight is 438 g/mol. The molecule has 0 radical (unpaired) electrons. The molecule has 0 bridgehead atoms. The van der Waals surface area contributed by atoms with Crippen LogP contribution in [0.2, 0.25) is 0 Å². The van der Waals surface area contributed by atoms with Crippen LogP contribution in [0.4, 0.5) is 4.39 Å². The van der Waals surface area contributed by atoms with Crippen molar-refractivity contribution >= 4 is 15.7 Å². The highest BCUT2D eigenvalue weighted by Crippen LogP contribution is 2.23. The van der Waals surface area contributed by atoms with Crippen molar-refractivity contribution in [3.05, 3.63) is 47.5 Å². The van der Waals surface area contributed by atoms with E-state index < -0.39 is 15.7 Å². The fourth-order valence-electron chi connectivity index (χ4n) is 3.38. The maximum atomic E-state index is 13.2. The van der Waals surface area contributed by atoms with E-state index in [2.05, 4.69) is 4.98 Å². The van der Waals surface area contributed by atoms with Crippen molar-refractivity contribution in [1.82, 2.24) is 14.5 Å². The smallest absolute Gasteiger partial charge is 0.228 e. The van der Waals surface area contributed by atoms with Gasteiger partial charge in [0.25, 0.3) is 0 Å². The summed E-state index contributed by atoms with van der Waals surface area (Å²) in [6.07, 6.45) is 1.54. The summed E-state index contributed by atoms with van der Waals surface area (Å²) in [4.78, 5) is 18.7. The topological polar surface area (TPSA) is 72.3 Å². The molecule has 0 spiro atoms. The molecule has 1 aromatic carbocycles. The highest BCUT2D eigenvalue weighted by molar-refractivity contribution is 7.90. The van der Waals surface area contributed by atoms with Gasteiger partial charge >= 0.3 is 0 Å². The van der Waals surface area contributed by atoms with Gasteiger partial charge in [0.1, 0.15) is 5.82 Å². The summed E-state index contributed by atoms with van der Waals surface area (Å²) in [6.45, 7) is 12.4. The predicted molar refractivity (Wildman–Crippen MR) is 115 cm³/mol. The van der Waals surface area contributed by atoms with Gasteiger partial charge in [-0.2, -0.15) is 0 Å². The Morgan fingerprint density at radius 3 is 2.20 bits per heavy atom. The molecule has 1 amide bonds. The molecule has 0 saturated heterocycles. The zero-order valence-electron chi connectivity index (χ0n) is 18.6. The van der Waals surface area contributed by atoms with E-state index in [0.29, 0.717) is 24.3 Å². The lowest BCUT2D eigenvalue weighted by molar-refractivity contribution is -0.135. The summed E-state index contributed by atoms with van der Waals surface area (Å²) in [5.74, 6) is -0.527. The highest BCUT2D eigenvalue weighted by Gasteiger charge is 2.27. The lowest BCUT2D eigenvalue weighted by Gasteiger charge is -2.27. The quantitative estimate of drug-likeness (QED) is 0.589. The zero-order chi connectivity index (χ0) is 22.6. The van der Waals surface area contributed by atoms with Crippen molar-refractivity contribution < 1.29 is 17.6 Å². The number of amides is 1. The van der Waals surface area contributed by atoms with E-state index in [4.69, 9.17) is 0 Å². The fourth-order valence-corrected chi connectivity index (χ4v) is 4.98. The van der Waals surface area contributed by atoms with E-state index in [1.54, 1.807) is 15.7 Å². The van der Waals surface area contributed by atoms with Crippen molar-refractivity contribution in [2.45, 2.75) is 65.0 Å². The van der Waals surface area contributed by atoms with Gasteiger partial charge in [-0.15, -0.1) is 0 Å². The van der Waals surface area contributed by atoms with Crippen molar-refractivity contribution in [2.24, 2.45) is 11.8 Å². The summed E-state index contributed by atoms with van der Waals surface area (Å²) >= 11 is 0. The van der Waals surface area contributed by atoms with Crippen LogP contribution in [0.15, 0.2) is 35.6 Å². The molecule has 2 aromatic rings. The van der Waals surface area contributed by atoms with Crippen molar-refractivity contribution in [3.63, 3.8) is 0 Å². The first-order chi connectivity index (χ1) is 13.9. The molecule has 2 rings (SSSR count). The second kappa shape index (κ2) is 9.73. The van der Waals surface area contributed by atoms with Gasteiger partial charge in [0.2, 0.25) is 20.9 Å². The molecule has 0 aliphatic heterocycles. The third kappa shape index (κ3) is 5.90. The molecular formula is C22H32FN3O3S. The SMILES string of the molecule is CC(C)CN(Cc1cnc(S(=O)(=O)Cc2ccc(F)cc2)n1C(C)C)C(=O)C(C)C. The van der Waals surface area contributed by atoms with E-state index in [0.717, 1.165) is 0 Å². The Labute approximate surface area is 179 Å². The molecule has 0 atom stereocenters. The molecule has 0 fully saturated rings. The van der Waals surface area contributed by atoms with Gasteiger partial charge in [0, 0.05) is 18.5 Å². The number of hydrogen-bond donors (Lipinski definition) is 0. The number of benzene rings is 1. The number of rotatable bonds is 9. The van der Waals surface area contributed by atoms with Crippen LogP contribution in [0, 0.1) is 17.7 Å². The molecule has 0 unspecified atom stereocenters. The summed E-state index contributed by atoms with van der Waals surface area (Å²) in [7, 11) is -3.75. The van der Waals surface area contributed by atoms with E-state index in [9.17, 15) is 17.6 Å². The molecule has 6 nitrogen and oxygen atoms in total. The van der Waals surface area contributed by atoms with E-state index in [-0.39, 0.29) is 34.7 Å². The molecule has 1 aromatic heterocycles. The lowest BCUT2D eigenvalue weighted by atomic mass is 10.1. The molecule has 8 heteroatoms. The highest BCUT2D eigenvalue weighted by atomic mass is 32.2. The average Bonchev–Trinajstić information content (AvgIpc) is 3.06. The van der Waals surface area contributed by atoms with Gasteiger partial charge in [-0.3, -0.25) is 4.79 Å². The molecule has 166 valence electrons. The Morgan fingerprint density at radius 2 is 1.70 bits per heavy atom. The molecule has 0 saturated carbocycles. The molecule has 0 aliphatic carbocycles. The number of carbonyl (C=O) groups excluding carboxylic acids is 1. The van der Waals surface area contributed by atoms with Crippen molar-refractivity contribution in [1.29, 1.82) is 0 Å². The Bertz CT molecular complexity index is 964. The van der Waals surface area contributed by atoms with Crippen LogP contribution in [0.1, 0.15) is 58.8 Å². The molecular weight excluding hydrogens is 405 g/mol. The van der Waals surface area contributed by atoms with Gasteiger partial charge in [-0.1, -0.05) is 39.8 Å². The number of carbonyl (C=O) groups is 1. The third-order valence-corrected chi connectivity index (χ3v) is 6.22. The number of nitrogens with zero attached hydrogens (tertiary/aromatic N) is 3. The third-order valence-electron chi connectivity index (χ3n) is 4.65. The summed E-state index contributed by atoms with van der Waals surface area (Å²) in [5, 5.41) is -0.0293. The van der Waals surface area contributed by atoms with Crippen LogP contribution in [0.3, 0.4) is 0 Å². The minimum absolute atomic E-state index is 0.0240. The van der Waals surface area contributed by atoms with Crippen molar-refractivity contribution in [3.8, 4) is 0 Å². The number of halogens is 1. The second-order valence-electron chi connectivity index (χ2n) is 8.65. The van der Waals surface area contributed by atoms with Crippen LogP contribution >= 0.6 is 0 Å². The Kier molecular flexibility index (Phi) is 7.80. The number of aromatic nitrogens is 2. The first-order valence-electron chi connectivity index (χ1n) is 10.2. The lowest BCUT2D eigenvalue weighted by Crippen LogP contribution is -2.37. The van der Waals surface area contributed by atoms with Gasteiger partial charge in [-0.05, 0) is 37.5 Å². The first kappa shape index (κ1) is 24.1. The van der Waals surface area contributed by atoms with Gasteiger partial charge in [0.05, 0.1) is 24.2 Å². The molecule has 0 N–H and O–H groups in total. The van der Waals surface area contributed by atoms with Gasteiger partial charge in [-0.25, -0.2) is 17.8 Å². The summed E-state index contributed by atoms with van der Waals surface area (Å²) in [6, 6.07) is 5.25. The summed E-state index contributed by atoms with van der Waals surface area (Å²) < 4.78 is 41.0. The molecule has 1 heterocycles. The first-order valence-corrected chi connectivity index (χ1v) is 11.9. The second-order valence-corrected chi connectivity index (χ2v) is 10.5. The van der Waals surface area contributed by atoms with E-state index in [1.165, 1.54) is 24.3 Å². The van der Waals surface area contributed by atoms with Crippen LogP contribution in [0.25, 0.3) is 0 Å². The predicted octanol–water partition coefficient (Wildman–Crippen LogP) is 4.22. The van der Waals surface area contributed by atoms with Crippen molar-refractivity contribution in [2.75, 3.05) is 6.54 Å². The van der Waals surface area contributed by atoms with Crippen LogP contribution in [-0.2, 0) is 26.9 Å². The standard InChI is InChI=1S/C22H32FN3O3S/c1-15(2)12-25(21(27)16(3)4)13-20-11-24-22(26(20)17(5)6)30(28,29)14-18-7-9-19(23)10-8-18/h7-11,15-17H,12-14H2,1-6H3. The Balaban J connectivity index is 2.39. The number of imidazole rings is 1. The summed E-state index contributed by atoms with van der Waals surface area (Å²) in [5.41, 5.74) is 1.17. The Hall–Kier alpha value is -2.22. The maximum absolute atomic E-state index is 13.2. The number of hydrogen-bond acceptors (Lipinski definition) is 4. The van der Waals surface area contributed by atoms with Gasteiger partial charge < -0.3 is 9.47 Å². The van der Waals surface area contributed by atoms with Crippen LogP contribution < -0.4 is 0 Å². The van der Waals surface area contributed by atoms with E-state index >= 15 is 0 Å². The molecule has 0 aliphatic rings. The van der Waals surface area contributed by atoms with Crippen LogP contribution in [-0.4, -0.2) is 35.3 Å². The monoisotopic (exact) mass is 437 g/mol. The normalized spacial score (nSPS) is 12.2. The Morgan fingerprint density at radius 1 is 1.10 bits per heavy atom. The fraction of sp³-hybridized carbons (Fsp3) is 0.545.